The van der Waals surface area contributed by atoms with Crippen LogP contribution in [0.15, 0.2) is 23.7 Å². The van der Waals surface area contributed by atoms with E-state index in [-0.39, 0.29) is 0 Å². The van der Waals surface area contributed by atoms with Gasteiger partial charge in [-0.25, -0.2) is 9.97 Å². The second-order valence-electron chi connectivity index (χ2n) is 4.58. The highest BCUT2D eigenvalue weighted by atomic mass is 32.1. The fourth-order valence-corrected chi connectivity index (χ4v) is 3.24. The van der Waals surface area contributed by atoms with Crippen LogP contribution in [0.1, 0.15) is 22.9 Å². The number of nitrogens with two attached hydrogens (primary N) is 1. The van der Waals surface area contributed by atoms with Gasteiger partial charge in [0.1, 0.15) is 5.52 Å². The first-order valence-corrected chi connectivity index (χ1v) is 7.21. The Morgan fingerprint density at radius 2 is 2.21 bits per heavy atom. The van der Waals surface area contributed by atoms with Crippen LogP contribution in [0.3, 0.4) is 0 Å². The van der Waals surface area contributed by atoms with Gasteiger partial charge in [0, 0.05) is 11.1 Å². The summed E-state index contributed by atoms with van der Waals surface area (Å²) in [4.78, 5) is 10.2. The number of nitrogens with zero attached hydrogens (tertiary/aromatic N) is 3. The molecule has 0 aliphatic rings. The molecule has 0 saturated heterocycles. The van der Waals surface area contributed by atoms with Crippen molar-refractivity contribution in [3.05, 3.63) is 39.7 Å². The van der Waals surface area contributed by atoms with Crippen molar-refractivity contribution in [2.24, 2.45) is 0 Å². The average molecular weight is 272 g/mol. The molecule has 0 aromatic carbocycles. The summed E-state index contributed by atoms with van der Waals surface area (Å²) in [7, 11) is 0. The number of aromatic nitrogens is 3. The Morgan fingerprint density at radius 1 is 1.37 bits per heavy atom. The Kier molecular flexibility index (Phi) is 2.98. The number of fused-ring (bicyclic) bond motifs is 1. The molecule has 0 radical (unpaired) electrons. The van der Waals surface area contributed by atoms with E-state index < -0.39 is 0 Å². The van der Waals surface area contributed by atoms with Gasteiger partial charge in [-0.3, -0.25) is 4.57 Å². The Labute approximate surface area is 115 Å². The predicted octanol–water partition coefficient (Wildman–Crippen LogP) is 2.99. The quantitative estimate of drug-likeness (QED) is 0.797. The Morgan fingerprint density at radius 3 is 3.00 bits per heavy atom. The molecule has 0 bridgehead atoms. The highest BCUT2D eigenvalue weighted by Gasteiger charge is 2.13. The van der Waals surface area contributed by atoms with Crippen molar-refractivity contribution in [2.45, 2.75) is 26.8 Å². The molecule has 3 aromatic heterocycles. The molecule has 0 aliphatic carbocycles. The second kappa shape index (κ2) is 4.66. The molecule has 0 amide bonds. The first-order chi connectivity index (χ1) is 9.20. The van der Waals surface area contributed by atoms with Crippen molar-refractivity contribution >= 4 is 28.4 Å². The van der Waals surface area contributed by atoms with Crippen molar-refractivity contribution in [2.75, 3.05) is 5.73 Å². The number of nitrogen functional groups attached to an aromatic ring is 1. The maximum Gasteiger partial charge on any atom is 0.202 e. The van der Waals surface area contributed by atoms with Gasteiger partial charge in [-0.1, -0.05) is 6.92 Å². The SMILES string of the molecule is CCc1ccsc1Cn1c(N)nc2c(C)ccnc21. The van der Waals surface area contributed by atoms with E-state index in [2.05, 4.69) is 28.3 Å². The summed E-state index contributed by atoms with van der Waals surface area (Å²) in [6.07, 6.45) is 2.85. The van der Waals surface area contributed by atoms with Crippen molar-refractivity contribution in [3.63, 3.8) is 0 Å². The molecule has 4 nitrogen and oxygen atoms in total. The van der Waals surface area contributed by atoms with Gasteiger partial charge in [-0.15, -0.1) is 11.3 Å². The molecule has 0 saturated carbocycles. The van der Waals surface area contributed by atoms with Gasteiger partial charge in [0.15, 0.2) is 5.65 Å². The van der Waals surface area contributed by atoms with Gasteiger partial charge >= 0.3 is 0 Å². The van der Waals surface area contributed by atoms with Crippen molar-refractivity contribution in [1.82, 2.24) is 14.5 Å². The van der Waals surface area contributed by atoms with Crippen molar-refractivity contribution in [3.8, 4) is 0 Å². The van der Waals surface area contributed by atoms with Gasteiger partial charge in [-0.05, 0) is 42.0 Å². The minimum absolute atomic E-state index is 0.534. The molecule has 0 aliphatic heterocycles. The van der Waals surface area contributed by atoms with Crippen LogP contribution >= 0.6 is 11.3 Å². The van der Waals surface area contributed by atoms with Gasteiger partial charge in [-0.2, -0.15) is 0 Å². The summed E-state index contributed by atoms with van der Waals surface area (Å²) in [6, 6.07) is 4.13. The van der Waals surface area contributed by atoms with Crippen LogP contribution in [0, 0.1) is 6.92 Å². The minimum Gasteiger partial charge on any atom is -0.369 e. The first-order valence-electron chi connectivity index (χ1n) is 6.33. The van der Waals surface area contributed by atoms with E-state index in [4.69, 9.17) is 5.73 Å². The van der Waals surface area contributed by atoms with Crippen LogP contribution < -0.4 is 5.73 Å². The van der Waals surface area contributed by atoms with Crippen LogP contribution in [0.5, 0.6) is 0 Å². The van der Waals surface area contributed by atoms with Gasteiger partial charge < -0.3 is 5.73 Å². The molecule has 19 heavy (non-hydrogen) atoms. The monoisotopic (exact) mass is 272 g/mol. The van der Waals surface area contributed by atoms with Gasteiger partial charge in [0.05, 0.1) is 6.54 Å². The summed E-state index contributed by atoms with van der Waals surface area (Å²) in [5.74, 6) is 0.534. The molecule has 3 heterocycles. The number of pyridine rings is 1. The maximum absolute atomic E-state index is 6.05. The predicted molar refractivity (Wildman–Crippen MR) is 79.5 cm³/mol. The molecule has 0 spiro atoms. The van der Waals surface area contributed by atoms with E-state index in [1.165, 1.54) is 10.4 Å². The average Bonchev–Trinajstić information content (AvgIpc) is 2.97. The number of anilines is 1. The van der Waals surface area contributed by atoms with Crippen molar-refractivity contribution < 1.29 is 0 Å². The lowest BCUT2D eigenvalue weighted by molar-refractivity contribution is 0.831. The second-order valence-corrected chi connectivity index (χ2v) is 5.58. The summed E-state index contributed by atoms with van der Waals surface area (Å²) in [5.41, 5.74) is 10.3. The third-order valence-electron chi connectivity index (χ3n) is 3.39. The topological polar surface area (TPSA) is 56.7 Å². The van der Waals surface area contributed by atoms with Crippen LogP contribution in [0.25, 0.3) is 11.2 Å². The third-order valence-corrected chi connectivity index (χ3v) is 4.33. The first kappa shape index (κ1) is 12.2. The van der Waals surface area contributed by atoms with E-state index in [0.717, 1.165) is 29.7 Å². The van der Waals surface area contributed by atoms with Crippen LogP contribution in [-0.4, -0.2) is 14.5 Å². The Balaban J connectivity index is 2.10. The molecule has 2 N–H and O–H groups in total. The minimum atomic E-state index is 0.534. The summed E-state index contributed by atoms with van der Waals surface area (Å²) in [6.45, 7) is 4.95. The van der Waals surface area contributed by atoms with Crippen molar-refractivity contribution in [1.29, 1.82) is 0 Å². The van der Waals surface area contributed by atoms with Gasteiger partial charge in [0.2, 0.25) is 5.95 Å². The van der Waals surface area contributed by atoms with Crippen LogP contribution in [-0.2, 0) is 13.0 Å². The third kappa shape index (κ3) is 2.00. The Hall–Kier alpha value is -1.88. The largest absolute Gasteiger partial charge is 0.369 e. The molecule has 3 aromatic rings. The summed E-state index contributed by atoms with van der Waals surface area (Å²) in [5, 5.41) is 2.13. The zero-order valence-corrected chi connectivity index (χ0v) is 11.9. The Bertz CT molecular complexity index is 726. The molecule has 0 unspecified atom stereocenters. The van der Waals surface area contributed by atoms with Crippen LogP contribution in [0.2, 0.25) is 0 Å². The van der Waals surface area contributed by atoms with E-state index in [1.54, 1.807) is 11.3 Å². The fraction of sp³-hybridized carbons (Fsp3) is 0.286. The van der Waals surface area contributed by atoms with E-state index in [9.17, 15) is 0 Å². The van der Waals surface area contributed by atoms with E-state index >= 15 is 0 Å². The number of aryl methyl sites for hydroxylation is 2. The molecule has 0 atom stereocenters. The molecule has 98 valence electrons. The fourth-order valence-electron chi connectivity index (χ4n) is 2.28. The number of thiophene rings is 1. The molecule has 3 rings (SSSR count). The lowest BCUT2D eigenvalue weighted by Gasteiger charge is -2.06. The maximum atomic E-state index is 6.05. The zero-order chi connectivity index (χ0) is 13.4. The highest BCUT2D eigenvalue weighted by molar-refractivity contribution is 7.10. The number of imidazole rings is 1. The summed E-state index contributed by atoms with van der Waals surface area (Å²) < 4.78 is 1.99. The van der Waals surface area contributed by atoms with E-state index in [0.29, 0.717) is 5.95 Å². The number of rotatable bonds is 3. The van der Waals surface area contributed by atoms with E-state index in [1.807, 2.05) is 23.8 Å². The van der Waals surface area contributed by atoms with Gasteiger partial charge in [0.25, 0.3) is 0 Å². The van der Waals surface area contributed by atoms with Crippen LogP contribution in [0.4, 0.5) is 5.95 Å². The zero-order valence-electron chi connectivity index (χ0n) is 11.1. The molecular formula is C14H16N4S. The highest BCUT2D eigenvalue weighted by Crippen LogP contribution is 2.24. The molecule has 5 heteroatoms. The summed E-state index contributed by atoms with van der Waals surface area (Å²) >= 11 is 1.76. The molecular weight excluding hydrogens is 256 g/mol. The lowest BCUT2D eigenvalue weighted by atomic mass is 10.2. The normalized spacial score (nSPS) is 11.3. The standard InChI is InChI=1S/C14H16N4S/c1-3-10-5-7-19-11(10)8-18-13-12(17-14(18)15)9(2)4-6-16-13/h4-7H,3,8H2,1-2H3,(H2,15,17). The smallest absolute Gasteiger partial charge is 0.202 e. The molecule has 0 fully saturated rings. The lowest BCUT2D eigenvalue weighted by Crippen LogP contribution is -2.05. The number of hydrogen-bond acceptors (Lipinski definition) is 4. The number of hydrogen-bond donors (Lipinski definition) is 1.